The van der Waals surface area contributed by atoms with Gasteiger partial charge < -0.3 is 9.47 Å². The van der Waals surface area contributed by atoms with E-state index in [2.05, 4.69) is 26.2 Å². The number of allylic oxidation sites excluding steroid dienone is 1. The predicted octanol–water partition coefficient (Wildman–Crippen LogP) is 3.92. The molecule has 4 fully saturated rings. The van der Waals surface area contributed by atoms with Crippen molar-refractivity contribution in [1.82, 2.24) is 0 Å². The van der Waals surface area contributed by atoms with E-state index in [4.69, 9.17) is 9.47 Å². The molecule has 0 aromatic heterocycles. The van der Waals surface area contributed by atoms with Crippen LogP contribution in [0.2, 0.25) is 25.7 Å². The Labute approximate surface area is 123 Å². The quantitative estimate of drug-likeness (QED) is 0.567. The summed E-state index contributed by atoms with van der Waals surface area (Å²) in [6.45, 7) is 13.6. The number of rotatable bonds is 2. The average Bonchev–Trinajstić information content (AvgIpc) is 2.72. The number of hydrogen-bond donors (Lipinski definition) is 0. The summed E-state index contributed by atoms with van der Waals surface area (Å²) >= 11 is 0. The van der Waals surface area contributed by atoms with E-state index < -0.39 is 8.07 Å². The highest BCUT2D eigenvalue weighted by molar-refractivity contribution is 6.76. The lowest BCUT2D eigenvalue weighted by Gasteiger charge is -2.40. The van der Waals surface area contributed by atoms with Crippen molar-refractivity contribution in [3.8, 4) is 0 Å². The Morgan fingerprint density at radius 3 is 2.60 bits per heavy atom. The SMILES string of the molecule is C=C1[C@@H]2[C@@H](C[Si](C)(C)C)[C@@H]2[C@H]2CC3(CC[C@H]12)OCCO3. The fourth-order valence-electron chi connectivity index (χ4n) is 5.54. The van der Waals surface area contributed by atoms with Crippen LogP contribution in [0, 0.1) is 29.6 Å². The van der Waals surface area contributed by atoms with Gasteiger partial charge >= 0.3 is 0 Å². The smallest absolute Gasteiger partial charge is 0.168 e. The first kappa shape index (κ1) is 13.5. The molecule has 3 saturated carbocycles. The topological polar surface area (TPSA) is 18.5 Å². The maximum atomic E-state index is 5.98. The minimum absolute atomic E-state index is 0.206. The van der Waals surface area contributed by atoms with Gasteiger partial charge in [-0.15, -0.1) is 0 Å². The Bertz CT molecular complexity index is 433. The number of hydrogen-bond acceptors (Lipinski definition) is 2. The molecule has 0 radical (unpaired) electrons. The van der Waals surface area contributed by atoms with Crippen molar-refractivity contribution >= 4 is 8.07 Å². The van der Waals surface area contributed by atoms with Gasteiger partial charge in [0.25, 0.3) is 0 Å². The van der Waals surface area contributed by atoms with Crippen molar-refractivity contribution in [3.63, 3.8) is 0 Å². The van der Waals surface area contributed by atoms with Gasteiger partial charge in [0, 0.05) is 20.9 Å². The molecular weight excluding hydrogens is 264 g/mol. The molecule has 3 aliphatic carbocycles. The molecule has 3 heteroatoms. The van der Waals surface area contributed by atoms with Crippen molar-refractivity contribution in [3.05, 3.63) is 12.2 Å². The molecule has 4 rings (SSSR count). The first-order valence-corrected chi connectivity index (χ1v) is 12.1. The maximum absolute atomic E-state index is 5.98. The third-order valence-corrected chi connectivity index (χ3v) is 7.89. The zero-order chi connectivity index (χ0) is 14.1. The molecule has 2 nitrogen and oxygen atoms in total. The van der Waals surface area contributed by atoms with Gasteiger partial charge in [-0.2, -0.15) is 0 Å². The van der Waals surface area contributed by atoms with Crippen LogP contribution < -0.4 is 0 Å². The van der Waals surface area contributed by atoms with Crippen molar-refractivity contribution in [1.29, 1.82) is 0 Å². The highest BCUT2D eigenvalue weighted by Gasteiger charge is 2.66. The Morgan fingerprint density at radius 1 is 1.25 bits per heavy atom. The Kier molecular flexibility index (Phi) is 2.85. The van der Waals surface area contributed by atoms with Gasteiger partial charge in [0.2, 0.25) is 0 Å². The highest BCUT2D eigenvalue weighted by atomic mass is 28.3. The van der Waals surface area contributed by atoms with E-state index in [0.29, 0.717) is 0 Å². The molecule has 112 valence electrons. The second-order valence-corrected chi connectivity index (χ2v) is 14.3. The van der Waals surface area contributed by atoms with E-state index in [1.807, 2.05) is 0 Å². The van der Waals surface area contributed by atoms with Gasteiger partial charge in [0.05, 0.1) is 13.2 Å². The van der Waals surface area contributed by atoms with Crippen molar-refractivity contribution in [2.75, 3.05) is 13.2 Å². The molecule has 1 heterocycles. The van der Waals surface area contributed by atoms with Gasteiger partial charge in [0.1, 0.15) is 0 Å². The third-order valence-electron chi connectivity index (χ3n) is 6.19. The van der Waals surface area contributed by atoms with Crippen LogP contribution in [0.4, 0.5) is 0 Å². The second-order valence-electron chi connectivity index (χ2n) is 8.73. The largest absolute Gasteiger partial charge is 0.348 e. The standard InChI is InChI=1S/C17H28O2Si/c1-11-12-5-6-17(18-7-8-19-17)9-13(12)16-14(15(11)16)10-20(2,3)4/h12-16H,1,5-10H2,2-4H3/t12-,13+,14-,15-,16+/m1/s1. The normalized spacial score (nSPS) is 45.5. The summed E-state index contributed by atoms with van der Waals surface area (Å²) in [5, 5.41) is 0. The van der Waals surface area contributed by atoms with Crippen molar-refractivity contribution < 1.29 is 9.47 Å². The van der Waals surface area contributed by atoms with E-state index in [1.165, 1.54) is 12.5 Å². The zero-order valence-electron chi connectivity index (χ0n) is 13.2. The van der Waals surface area contributed by atoms with E-state index in [9.17, 15) is 0 Å². The lowest BCUT2D eigenvalue weighted by molar-refractivity contribution is -0.193. The molecule has 1 aliphatic heterocycles. The van der Waals surface area contributed by atoms with Gasteiger partial charge in [0.15, 0.2) is 5.79 Å². The summed E-state index contributed by atoms with van der Waals surface area (Å²) in [7, 11) is -0.953. The minimum atomic E-state index is -0.953. The molecule has 1 saturated heterocycles. The Hall–Kier alpha value is -0.123. The van der Waals surface area contributed by atoms with Crippen LogP contribution in [-0.2, 0) is 9.47 Å². The van der Waals surface area contributed by atoms with Gasteiger partial charge in [-0.05, 0) is 36.0 Å². The van der Waals surface area contributed by atoms with Gasteiger partial charge in [-0.3, -0.25) is 0 Å². The number of fused-ring (bicyclic) bond motifs is 3. The summed E-state index contributed by atoms with van der Waals surface area (Å²) in [6, 6.07) is 1.49. The highest BCUT2D eigenvalue weighted by Crippen LogP contribution is 2.70. The van der Waals surface area contributed by atoms with E-state index in [0.717, 1.165) is 55.6 Å². The Morgan fingerprint density at radius 2 is 1.95 bits per heavy atom. The summed E-state index contributed by atoms with van der Waals surface area (Å²) < 4.78 is 12.0. The van der Waals surface area contributed by atoms with Crippen molar-refractivity contribution in [2.24, 2.45) is 29.6 Å². The molecule has 0 aromatic carbocycles. The van der Waals surface area contributed by atoms with Gasteiger partial charge in [-0.1, -0.05) is 37.8 Å². The molecule has 0 aromatic rings. The van der Waals surface area contributed by atoms with Crippen LogP contribution in [0.25, 0.3) is 0 Å². The molecule has 0 N–H and O–H groups in total. The van der Waals surface area contributed by atoms with Crippen LogP contribution in [0.15, 0.2) is 12.2 Å². The molecule has 5 atom stereocenters. The molecule has 0 amide bonds. The van der Waals surface area contributed by atoms with Crippen LogP contribution in [0.1, 0.15) is 19.3 Å². The summed E-state index contributed by atoms with van der Waals surface area (Å²) in [5.74, 6) is 4.11. The first-order chi connectivity index (χ1) is 9.40. The summed E-state index contributed by atoms with van der Waals surface area (Å²) in [6.07, 6.45) is 3.47. The second kappa shape index (κ2) is 4.20. The lowest BCUT2D eigenvalue weighted by Crippen LogP contribution is -2.40. The average molecular weight is 292 g/mol. The lowest BCUT2D eigenvalue weighted by atomic mass is 9.73. The number of ether oxygens (including phenoxy) is 2. The fraction of sp³-hybridized carbons (Fsp3) is 0.882. The van der Waals surface area contributed by atoms with Crippen LogP contribution in [0.3, 0.4) is 0 Å². The Balaban J connectivity index is 1.51. The molecular formula is C17H28O2Si. The third kappa shape index (κ3) is 1.97. The monoisotopic (exact) mass is 292 g/mol. The molecule has 0 unspecified atom stereocenters. The summed E-state index contributed by atoms with van der Waals surface area (Å²) in [5.41, 5.74) is 1.59. The predicted molar refractivity (Wildman–Crippen MR) is 83.2 cm³/mol. The van der Waals surface area contributed by atoms with Crippen LogP contribution >= 0.6 is 0 Å². The van der Waals surface area contributed by atoms with E-state index in [1.54, 1.807) is 5.57 Å². The first-order valence-electron chi connectivity index (χ1n) is 8.37. The molecule has 1 spiro atoms. The molecule has 4 aliphatic rings. The zero-order valence-corrected chi connectivity index (χ0v) is 14.2. The minimum Gasteiger partial charge on any atom is -0.348 e. The van der Waals surface area contributed by atoms with Crippen LogP contribution in [-0.4, -0.2) is 27.1 Å². The molecule has 20 heavy (non-hydrogen) atoms. The van der Waals surface area contributed by atoms with Gasteiger partial charge in [-0.25, -0.2) is 0 Å². The van der Waals surface area contributed by atoms with E-state index in [-0.39, 0.29) is 5.79 Å². The maximum Gasteiger partial charge on any atom is 0.168 e. The molecule has 0 bridgehead atoms. The van der Waals surface area contributed by atoms with E-state index >= 15 is 0 Å². The fourth-order valence-corrected chi connectivity index (χ4v) is 7.48. The van der Waals surface area contributed by atoms with Crippen molar-refractivity contribution in [2.45, 2.75) is 50.7 Å². The summed E-state index contributed by atoms with van der Waals surface area (Å²) in [4.78, 5) is 0. The van der Waals surface area contributed by atoms with Crippen LogP contribution in [0.5, 0.6) is 0 Å².